The molecular formula is C15H21N3O2. The zero-order valence-corrected chi connectivity index (χ0v) is 12.1. The molecule has 0 spiro atoms. The third-order valence-corrected chi connectivity index (χ3v) is 3.58. The molecule has 0 atom stereocenters. The van der Waals surface area contributed by atoms with E-state index in [9.17, 15) is 0 Å². The summed E-state index contributed by atoms with van der Waals surface area (Å²) < 4.78 is 11.4. The van der Waals surface area contributed by atoms with Crippen LogP contribution < -0.4 is 10.6 Å². The van der Waals surface area contributed by atoms with Gasteiger partial charge in [-0.2, -0.15) is 4.98 Å². The van der Waals surface area contributed by atoms with Crippen LogP contribution in [0.2, 0.25) is 0 Å². The predicted molar refractivity (Wildman–Crippen MR) is 80.0 cm³/mol. The topological polar surface area (TPSA) is 64.5 Å². The van der Waals surface area contributed by atoms with E-state index in [1.165, 1.54) is 0 Å². The lowest BCUT2D eigenvalue weighted by Gasteiger charge is -2.24. The summed E-state index contributed by atoms with van der Waals surface area (Å²) in [7, 11) is 0. The van der Waals surface area contributed by atoms with Crippen LogP contribution in [0.25, 0.3) is 11.1 Å². The first kappa shape index (κ1) is 13.2. The van der Waals surface area contributed by atoms with Gasteiger partial charge in [0.25, 0.3) is 6.01 Å². The number of nitrogens with two attached hydrogens (primary N) is 1. The van der Waals surface area contributed by atoms with Crippen LogP contribution in [0.3, 0.4) is 0 Å². The second-order valence-corrected chi connectivity index (χ2v) is 5.68. The molecule has 108 valence electrons. The summed E-state index contributed by atoms with van der Waals surface area (Å²) in [5.74, 6) is 0.528. The number of ether oxygens (including phenoxy) is 1. The van der Waals surface area contributed by atoms with E-state index >= 15 is 0 Å². The van der Waals surface area contributed by atoms with Gasteiger partial charge in [-0.25, -0.2) is 0 Å². The van der Waals surface area contributed by atoms with E-state index in [-0.39, 0.29) is 0 Å². The maximum Gasteiger partial charge on any atom is 0.298 e. The second kappa shape index (κ2) is 5.32. The fourth-order valence-electron chi connectivity index (χ4n) is 2.56. The third-order valence-electron chi connectivity index (χ3n) is 3.58. The first-order valence-electron chi connectivity index (χ1n) is 7.15. The lowest BCUT2D eigenvalue weighted by atomic mass is 10.0. The first-order chi connectivity index (χ1) is 9.65. The number of rotatable bonds is 3. The van der Waals surface area contributed by atoms with Crippen LogP contribution in [0.15, 0.2) is 16.5 Å². The highest BCUT2D eigenvalue weighted by Crippen LogP contribution is 2.30. The van der Waals surface area contributed by atoms with Crippen molar-refractivity contribution >= 4 is 22.8 Å². The van der Waals surface area contributed by atoms with Gasteiger partial charge in [0.15, 0.2) is 5.58 Å². The fourth-order valence-corrected chi connectivity index (χ4v) is 2.56. The van der Waals surface area contributed by atoms with Gasteiger partial charge in [0.2, 0.25) is 0 Å². The average molecular weight is 275 g/mol. The molecule has 1 aromatic heterocycles. The Morgan fingerprint density at radius 2 is 2.05 bits per heavy atom. The Morgan fingerprint density at radius 1 is 1.30 bits per heavy atom. The normalized spacial score (nSPS) is 16.2. The van der Waals surface area contributed by atoms with Crippen LogP contribution in [-0.4, -0.2) is 31.3 Å². The lowest BCUT2D eigenvalue weighted by molar-refractivity contribution is 0.120. The fraction of sp³-hybridized carbons (Fsp3) is 0.533. The largest absolute Gasteiger partial charge is 0.423 e. The number of anilines is 2. The summed E-state index contributed by atoms with van der Waals surface area (Å²) in [5, 5.41) is 0. The van der Waals surface area contributed by atoms with Gasteiger partial charge >= 0.3 is 0 Å². The first-order valence-corrected chi connectivity index (χ1v) is 7.15. The van der Waals surface area contributed by atoms with Gasteiger partial charge in [0.1, 0.15) is 5.52 Å². The van der Waals surface area contributed by atoms with Crippen LogP contribution in [0, 0.1) is 5.92 Å². The number of oxazole rings is 1. The molecule has 5 nitrogen and oxygen atoms in total. The van der Waals surface area contributed by atoms with Crippen molar-refractivity contribution in [2.24, 2.45) is 5.92 Å². The highest BCUT2D eigenvalue weighted by atomic mass is 16.5. The quantitative estimate of drug-likeness (QED) is 0.872. The summed E-state index contributed by atoms with van der Waals surface area (Å²) in [6, 6.07) is 4.53. The Morgan fingerprint density at radius 3 is 2.75 bits per heavy atom. The van der Waals surface area contributed by atoms with Gasteiger partial charge in [-0.05, 0) is 24.5 Å². The average Bonchev–Trinajstić information content (AvgIpc) is 2.87. The van der Waals surface area contributed by atoms with Crippen molar-refractivity contribution in [2.75, 3.05) is 36.9 Å². The highest BCUT2D eigenvalue weighted by molar-refractivity contribution is 5.83. The van der Waals surface area contributed by atoms with Crippen molar-refractivity contribution in [1.29, 1.82) is 0 Å². The Balaban J connectivity index is 2.01. The minimum Gasteiger partial charge on any atom is -0.423 e. The van der Waals surface area contributed by atoms with E-state index in [2.05, 4.69) is 23.7 Å². The molecule has 0 radical (unpaired) electrons. The van der Waals surface area contributed by atoms with Crippen molar-refractivity contribution in [3.8, 4) is 0 Å². The van der Waals surface area contributed by atoms with Gasteiger partial charge in [-0.3, -0.25) is 0 Å². The van der Waals surface area contributed by atoms with Gasteiger partial charge in [-0.15, -0.1) is 0 Å². The molecule has 0 amide bonds. The molecule has 0 saturated carbocycles. The van der Waals surface area contributed by atoms with E-state index in [4.69, 9.17) is 14.9 Å². The third kappa shape index (κ3) is 2.45. The molecule has 2 heterocycles. The van der Waals surface area contributed by atoms with Crippen LogP contribution in [0.5, 0.6) is 0 Å². The molecule has 1 aliphatic heterocycles. The number of morpholine rings is 1. The van der Waals surface area contributed by atoms with Gasteiger partial charge in [0, 0.05) is 24.3 Å². The molecule has 1 aromatic carbocycles. The Bertz CT molecular complexity index is 600. The van der Waals surface area contributed by atoms with Crippen molar-refractivity contribution in [3.63, 3.8) is 0 Å². The van der Waals surface area contributed by atoms with E-state index in [1.807, 2.05) is 12.1 Å². The van der Waals surface area contributed by atoms with Gasteiger partial charge in [-0.1, -0.05) is 13.8 Å². The van der Waals surface area contributed by atoms with Gasteiger partial charge in [0.05, 0.1) is 13.2 Å². The number of nitrogen functional groups attached to an aromatic ring is 1. The standard InChI is InChI=1S/C15H21N3O2/c1-10(2)9-11-12(16)3-4-13-14(11)20-15(17-13)18-5-7-19-8-6-18/h3-4,10H,5-9,16H2,1-2H3. The van der Waals surface area contributed by atoms with Crippen molar-refractivity contribution in [1.82, 2.24) is 4.98 Å². The molecular weight excluding hydrogens is 254 g/mol. The molecule has 20 heavy (non-hydrogen) atoms. The summed E-state index contributed by atoms with van der Waals surface area (Å²) in [6.45, 7) is 7.44. The molecule has 2 N–H and O–H groups in total. The number of benzene rings is 1. The summed E-state index contributed by atoms with van der Waals surface area (Å²) in [4.78, 5) is 6.72. The van der Waals surface area contributed by atoms with E-state index < -0.39 is 0 Å². The number of nitrogens with zero attached hydrogens (tertiary/aromatic N) is 2. The van der Waals surface area contributed by atoms with E-state index in [0.717, 1.165) is 55.1 Å². The number of hydrogen-bond donors (Lipinski definition) is 1. The molecule has 1 saturated heterocycles. The van der Waals surface area contributed by atoms with E-state index in [1.54, 1.807) is 0 Å². The Hall–Kier alpha value is -1.75. The maximum absolute atomic E-state index is 6.10. The Kier molecular flexibility index (Phi) is 3.53. The van der Waals surface area contributed by atoms with Crippen LogP contribution >= 0.6 is 0 Å². The SMILES string of the molecule is CC(C)Cc1c(N)ccc2nc(N3CCOCC3)oc12. The molecule has 2 aromatic rings. The second-order valence-electron chi connectivity index (χ2n) is 5.68. The van der Waals surface area contributed by atoms with Gasteiger partial charge < -0.3 is 19.8 Å². The molecule has 3 rings (SSSR count). The maximum atomic E-state index is 6.10. The monoisotopic (exact) mass is 275 g/mol. The predicted octanol–water partition coefficient (Wildman–Crippen LogP) is 2.45. The number of fused-ring (bicyclic) bond motifs is 1. The minimum absolute atomic E-state index is 0.528. The molecule has 0 aliphatic carbocycles. The van der Waals surface area contributed by atoms with E-state index in [0.29, 0.717) is 11.9 Å². The van der Waals surface area contributed by atoms with Crippen LogP contribution in [-0.2, 0) is 11.2 Å². The van der Waals surface area contributed by atoms with Crippen molar-refractivity contribution in [3.05, 3.63) is 17.7 Å². The van der Waals surface area contributed by atoms with Crippen molar-refractivity contribution < 1.29 is 9.15 Å². The highest BCUT2D eigenvalue weighted by Gasteiger charge is 2.19. The molecule has 0 unspecified atom stereocenters. The minimum atomic E-state index is 0.528. The molecule has 1 fully saturated rings. The number of aromatic nitrogens is 1. The molecule has 0 bridgehead atoms. The Labute approximate surface area is 118 Å². The lowest BCUT2D eigenvalue weighted by Crippen LogP contribution is -2.36. The van der Waals surface area contributed by atoms with Crippen LogP contribution in [0.1, 0.15) is 19.4 Å². The molecule has 5 heteroatoms. The summed E-state index contributed by atoms with van der Waals surface area (Å²) >= 11 is 0. The zero-order valence-electron chi connectivity index (χ0n) is 12.1. The summed E-state index contributed by atoms with van der Waals surface area (Å²) in [6.07, 6.45) is 0.904. The molecule has 1 aliphatic rings. The van der Waals surface area contributed by atoms with Crippen molar-refractivity contribution in [2.45, 2.75) is 20.3 Å². The smallest absolute Gasteiger partial charge is 0.298 e. The van der Waals surface area contributed by atoms with Crippen LogP contribution in [0.4, 0.5) is 11.7 Å². The zero-order chi connectivity index (χ0) is 14.1. The number of hydrogen-bond acceptors (Lipinski definition) is 5. The summed E-state index contributed by atoms with van der Waals surface area (Å²) in [5.41, 5.74) is 9.68.